The topological polar surface area (TPSA) is 29.9 Å². The molecular weight excluding hydrogens is 242 g/mol. The van der Waals surface area contributed by atoms with E-state index in [9.17, 15) is 0 Å². The summed E-state index contributed by atoms with van der Waals surface area (Å²) in [5, 5.41) is 7.74. The van der Waals surface area contributed by atoms with E-state index < -0.39 is 0 Å². The molecule has 2 aromatic heterocycles. The predicted octanol–water partition coefficient (Wildman–Crippen LogP) is 3.05. The van der Waals surface area contributed by atoms with Crippen LogP contribution in [0.4, 0.5) is 0 Å². The average Bonchev–Trinajstić information content (AvgIpc) is 2.90. The average molecular weight is 263 g/mol. The Labute approximate surface area is 113 Å². The first kappa shape index (κ1) is 13.3. The van der Waals surface area contributed by atoms with E-state index in [2.05, 4.69) is 37.3 Å². The smallest absolute Gasteiger partial charge is 0.0670 e. The SMILES string of the molecule is Cc1sc(CNCC(C)C)cc1Cn1cccn1. The van der Waals surface area contributed by atoms with Gasteiger partial charge in [-0.25, -0.2) is 0 Å². The Hall–Kier alpha value is -1.13. The second-order valence-corrected chi connectivity index (χ2v) is 6.36. The van der Waals surface area contributed by atoms with Gasteiger partial charge in [-0.1, -0.05) is 13.8 Å². The highest BCUT2D eigenvalue weighted by Gasteiger charge is 2.06. The van der Waals surface area contributed by atoms with E-state index in [1.807, 2.05) is 34.5 Å². The van der Waals surface area contributed by atoms with Gasteiger partial charge in [0.05, 0.1) is 6.54 Å². The highest BCUT2D eigenvalue weighted by Crippen LogP contribution is 2.22. The molecule has 2 rings (SSSR count). The van der Waals surface area contributed by atoms with E-state index in [0.29, 0.717) is 5.92 Å². The molecule has 0 unspecified atom stereocenters. The Morgan fingerprint density at radius 2 is 2.28 bits per heavy atom. The van der Waals surface area contributed by atoms with Gasteiger partial charge in [0.2, 0.25) is 0 Å². The van der Waals surface area contributed by atoms with Crippen molar-refractivity contribution in [1.82, 2.24) is 15.1 Å². The van der Waals surface area contributed by atoms with Crippen molar-refractivity contribution in [1.29, 1.82) is 0 Å². The maximum absolute atomic E-state index is 4.25. The second kappa shape index (κ2) is 6.16. The summed E-state index contributed by atoms with van der Waals surface area (Å²) in [7, 11) is 0. The molecule has 0 saturated heterocycles. The Kier molecular flexibility index (Phi) is 4.55. The normalized spacial score (nSPS) is 11.3. The van der Waals surface area contributed by atoms with Crippen LogP contribution in [0.5, 0.6) is 0 Å². The quantitative estimate of drug-likeness (QED) is 0.868. The van der Waals surface area contributed by atoms with Crippen LogP contribution in [0.25, 0.3) is 0 Å². The molecule has 0 spiro atoms. The van der Waals surface area contributed by atoms with Crippen LogP contribution in [0.15, 0.2) is 24.5 Å². The van der Waals surface area contributed by atoms with E-state index >= 15 is 0 Å². The molecule has 0 aliphatic heterocycles. The second-order valence-electron chi connectivity index (χ2n) is 5.02. The molecule has 0 amide bonds. The first-order valence-corrected chi connectivity index (χ1v) is 7.23. The van der Waals surface area contributed by atoms with Gasteiger partial charge in [0.15, 0.2) is 0 Å². The molecule has 4 heteroatoms. The minimum atomic E-state index is 0.703. The first-order valence-electron chi connectivity index (χ1n) is 6.41. The van der Waals surface area contributed by atoms with Crippen LogP contribution < -0.4 is 5.32 Å². The Morgan fingerprint density at radius 3 is 2.94 bits per heavy atom. The minimum Gasteiger partial charge on any atom is -0.312 e. The van der Waals surface area contributed by atoms with Crippen LogP contribution in [0, 0.1) is 12.8 Å². The standard InChI is InChI=1S/C14H21N3S/c1-11(2)8-15-9-14-7-13(12(3)18-14)10-17-6-4-5-16-17/h4-7,11,15H,8-10H2,1-3H3. The summed E-state index contributed by atoms with van der Waals surface area (Å²) in [5.41, 5.74) is 1.38. The summed E-state index contributed by atoms with van der Waals surface area (Å²) in [5.74, 6) is 0.703. The summed E-state index contributed by atoms with van der Waals surface area (Å²) in [6.07, 6.45) is 3.83. The van der Waals surface area contributed by atoms with E-state index in [-0.39, 0.29) is 0 Å². The molecule has 0 fully saturated rings. The van der Waals surface area contributed by atoms with E-state index in [4.69, 9.17) is 0 Å². The van der Waals surface area contributed by atoms with Gasteiger partial charge < -0.3 is 5.32 Å². The lowest BCUT2D eigenvalue weighted by atomic mass is 10.2. The number of rotatable bonds is 6. The molecule has 3 nitrogen and oxygen atoms in total. The monoisotopic (exact) mass is 263 g/mol. The molecule has 2 aromatic rings. The van der Waals surface area contributed by atoms with Crippen molar-refractivity contribution >= 4 is 11.3 Å². The van der Waals surface area contributed by atoms with Crippen molar-refractivity contribution in [2.75, 3.05) is 6.54 Å². The molecule has 0 aliphatic rings. The number of aryl methyl sites for hydroxylation is 1. The lowest BCUT2D eigenvalue weighted by Crippen LogP contribution is -2.18. The molecule has 0 bridgehead atoms. The minimum absolute atomic E-state index is 0.703. The Balaban J connectivity index is 1.94. The molecule has 0 aliphatic carbocycles. The maximum atomic E-state index is 4.25. The van der Waals surface area contributed by atoms with Gasteiger partial charge in [0.1, 0.15) is 0 Å². The summed E-state index contributed by atoms with van der Waals surface area (Å²) < 4.78 is 1.97. The van der Waals surface area contributed by atoms with Crippen molar-refractivity contribution < 1.29 is 0 Å². The Bertz CT molecular complexity index is 471. The van der Waals surface area contributed by atoms with E-state index in [1.165, 1.54) is 15.3 Å². The van der Waals surface area contributed by atoms with Crippen molar-refractivity contribution in [3.05, 3.63) is 39.8 Å². The van der Waals surface area contributed by atoms with E-state index in [0.717, 1.165) is 19.6 Å². The van der Waals surface area contributed by atoms with Gasteiger partial charge in [0, 0.05) is 28.7 Å². The lowest BCUT2D eigenvalue weighted by molar-refractivity contribution is 0.554. The van der Waals surface area contributed by atoms with Gasteiger partial charge in [-0.2, -0.15) is 5.10 Å². The summed E-state index contributed by atoms with van der Waals surface area (Å²) in [6.45, 7) is 9.58. The number of hydrogen-bond acceptors (Lipinski definition) is 3. The van der Waals surface area contributed by atoms with Crippen LogP contribution >= 0.6 is 11.3 Å². The highest BCUT2D eigenvalue weighted by molar-refractivity contribution is 7.12. The lowest BCUT2D eigenvalue weighted by Gasteiger charge is -2.05. The van der Waals surface area contributed by atoms with Gasteiger partial charge in [0.25, 0.3) is 0 Å². The van der Waals surface area contributed by atoms with Crippen LogP contribution in [0.2, 0.25) is 0 Å². The molecule has 2 heterocycles. The third-order valence-electron chi connectivity index (χ3n) is 2.81. The predicted molar refractivity (Wildman–Crippen MR) is 76.9 cm³/mol. The van der Waals surface area contributed by atoms with Gasteiger partial charge in [-0.3, -0.25) is 4.68 Å². The van der Waals surface area contributed by atoms with Crippen molar-refractivity contribution in [2.45, 2.75) is 33.9 Å². The molecule has 1 N–H and O–H groups in total. The third kappa shape index (κ3) is 3.68. The zero-order valence-corrected chi connectivity index (χ0v) is 12.1. The summed E-state index contributed by atoms with van der Waals surface area (Å²) in [4.78, 5) is 2.81. The number of nitrogens with zero attached hydrogens (tertiary/aromatic N) is 2. The maximum Gasteiger partial charge on any atom is 0.0670 e. The molecule has 0 saturated carbocycles. The Morgan fingerprint density at radius 1 is 1.44 bits per heavy atom. The van der Waals surface area contributed by atoms with Crippen molar-refractivity contribution in [3.63, 3.8) is 0 Å². The summed E-state index contributed by atoms with van der Waals surface area (Å²) >= 11 is 1.88. The van der Waals surface area contributed by atoms with Crippen molar-refractivity contribution in [3.8, 4) is 0 Å². The van der Waals surface area contributed by atoms with Gasteiger partial charge in [-0.05, 0) is 37.1 Å². The molecule has 0 atom stereocenters. The number of nitrogens with one attached hydrogen (secondary N) is 1. The zero-order valence-electron chi connectivity index (χ0n) is 11.3. The van der Waals surface area contributed by atoms with Crippen LogP contribution in [0.1, 0.15) is 29.2 Å². The van der Waals surface area contributed by atoms with Gasteiger partial charge in [-0.15, -0.1) is 11.3 Å². The van der Waals surface area contributed by atoms with Crippen LogP contribution in [-0.2, 0) is 13.1 Å². The number of hydrogen-bond donors (Lipinski definition) is 1. The molecule has 0 radical (unpaired) electrons. The number of aromatic nitrogens is 2. The number of thiophene rings is 1. The molecule has 98 valence electrons. The summed E-state index contributed by atoms with van der Waals surface area (Å²) in [6, 6.07) is 4.27. The largest absolute Gasteiger partial charge is 0.312 e. The fourth-order valence-corrected chi connectivity index (χ4v) is 2.91. The first-order chi connectivity index (χ1) is 8.65. The van der Waals surface area contributed by atoms with Crippen LogP contribution in [-0.4, -0.2) is 16.3 Å². The molecule has 18 heavy (non-hydrogen) atoms. The zero-order chi connectivity index (χ0) is 13.0. The molecular formula is C14H21N3S. The fourth-order valence-electron chi connectivity index (χ4n) is 1.88. The molecule has 0 aromatic carbocycles. The van der Waals surface area contributed by atoms with Gasteiger partial charge >= 0.3 is 0 Å². The van der Waals surface area contributed by atoms with Crippen LogP contribution in [0.3, 0.4) is 0 Å². The van der Waals surface area contributed by atoms with E-state index in [1.54, 1.807) is 0 Å². The third-order valence-corrected chi connectivity index (χ3v) is 3.91. The highest BCUT2D eigenvalue weighted by atomic mass is 32.1. The van der Waals surface area contributed by atoms with Crippen molar-refractivity contribution in [2.24, 2.45) is 5.92 Å². The fraction of sp³-hybridized carbons (Fsp3) is 0.500.